The second kappa shape index (κ2) is 5.95. The monoisotopic (exact) mass is 361 g/mol. The normalized spacial score (nSPS) is 9.36. The quantitative estimate of drug-likeness (QED) is 0.494. The Hall–Kier alpha value is 0.230. The Bertz CT molecular complexity index is 334. The summed E-state index contributed by atoms with van der Waals surface area (Å²) in [7, 11) is 0. The van der Waals surface area contributed by atoms with Crippen LogP contribution in [0.5, 0.6) is 0 Å². The maximum Gasteiger partial charge on any atom is 0.173 e. The number of hydrogen-bond donors (Lipinski definition) is 1. The molecule has 0 saturated carbocycles. The van der Waals surface area contributed by atoms with Crippen molar-refractivity contribution in [2.75, 3.05) is 11.1 Å². The second-order valence-corrected chi connectivity index (χ2v) is 3.79. The van der Waals surface area contributed by atoms with Gasteiger partial charge in [0.05, 0.1) is 21.1 Å². The van der Waals surface area contributed by atoms with Crippen LogP contribution in [0, 0.1) is 0 Å². The van der Waals surface area contributed by atoms with Gasteiger partial charge in [0.25, 0.3) is 0 Å². The zero-order valence-corrected chi connectivity index (χ0v) is 11.7. The van der Waals surface area contributed by atoms with Crippen LogP contribution >= 0.6 is 56.1 Å². The van der Waals surface area contributed by atoms with Gasteiger partial charge in [0, 0.05) is 5.56 Å². The number of nitrogen functional groups attached to an aromatic ring is 1. The first kappa shape index (κ1) is 14.2. The van der Waals surface area contributed by atoms with E-state index < -0.39 is 0 Å². The molecule has 6 heteroatoms. The standard InChI is InChI=1S/C8H6BrCl2NO.BrH/c9-3-7(13)4-1-5(10)8(12)6(11)2-4;/h1-2H,3,12H2;1H. The van der Waals surface area contributed by atoms with Crippen LogP contribution in [0.15, 0.2) is 12.1 Å². The van der Waals surface area contributed by atoms with Gasteiger partial charge >= 0.3 is 0 Å². The minimum atomic E-state index is -0.0798. The second-order valence-electron chi connectivity index (χ2n) is 2.41. The highest BCUT2D eigenvalue weighted by molar-refractivity contribution is 9.09. The van der Waals surface area contributed by atoms with Crippen LogP contribution in [0.3, 0.4) is 0 Å². The van der Waals surface area contributed by atoms with Gasteiger partial charge < -0.3 is 5.73 Å². The van der Waals surface area contributed by atoms with E-state index >= 15 is 0 Å². The summed E-state index contributed by atoms with van der Waals surface area (Å²) in [6.07, 6.45) is 0. The zero-order chi connectivity index (χ0) is 10.0. The zero-order valence-electron chi connectivity index (χ0n) is 6.89. The molecule has 1 aromatic carbocycles. The molecule has 0 atom stereocenters. The molecule has 0 bridgehead atoms. The van der Waals surface area contributed by atoms with Crippen LogP contribution in [0.2, 0.25) is 10.0 Å². The van der Waals surface area contributed by atoms with Crippen molar-refractivity contribution in [1.29, 1.82) is 0 Å². The number of anilines is 1. The Morgan fingerprint density at radius 2 is 1.79 bits per heavy atom. The first-order chi connectivity index (χ1) is 6.06. The lowest BCUT2D eigenvalue weighted by atomic mass is 10.1. The molecule has 78 valence electrons. The third-order valence-corrected chi connectivity index (χ3v) is 2.66. The smallest absolute Gasteiger partial charge is 0.173 e. The molecule has 0 amide bonds. The van der Waals surface area contributed by atoms with Crippen molar-refractivity contribution in [3.63, 3.8) is 0 Å². The van der Waals surface area contributed by atoms with Crippen molar-refractivity contribution >= 4 is 67.6 Å². The van der Waals surface area contributed by atoms with E-state index in [1.165, 1.54) is 12.1 Å². The molecule has 0 aromatic heterocycles. The predicted octanol–water partition coefficient (Wildman–Crippen LogP) is 3.73. The highest BCUT2D eigenvalue weighted by atomic mass is 79.9. The maximum absolute atomic E-state index is 11.2. The van der Waals surface area contributed by atoms with Crippen LogP contribution in [-0.2, 0) is 0 Å². The van der Waals surface area contributed by atoms with Crippen LogP contribution in [0.4, 0.5) is 5.69 Å². The first-order valence-electron chi connectivity index (χ1n) is 3.40. The fourth-order valence-corrected chi connectivity index (χ4v) is 1.63. The van der Waals surface area contributed by atoms with Gasteiger partial charge in [-0.2, -0.15) is 0 Å². The highest BCUT2D eigenvalue weighted by Crippen LogP contribution is 2.29. The Balaban J connectivity index is 0.00000169. The van der Waals surface area contributed by atoms with Crippen molar-refractivity contribution in [2.24, 2.45) is 0 Å². The van der Waals surface area contributed by atoms with E-state index in [0.29, 0.717) is 21.3 Å². The molecule has 1 rings (SSSR count). The van der Waals surface area contributed by atoms with Crippen molar-refractivity contribution in [2.45, 2.75) is 0 Å². The lowest BCUT2D eigenvalue weighted by Gasteiger charge is -2.03. The van der Waals surface area contributed by atoms with Crippen molar-refractivity contribution in [3.05, 3.63) is 27.7 Å². The van der Waals surface area contributed by atoms with E-state index in [1.54, 1.807) is 0 Å². The molecular weight excluding hydrogens is 357 g/mol. The van der Waals surface area contributed by atoms with Gasteiger partial charge in [-0.05, 0) is 12.1 Å². The number of hydrogen-bond acceptors (Lipinski definition) is 2. The molecular formula is C8H7Br2Cl2NO. The van der Waals surface area contributed by atoms with Gasteiger partial charge in [0.2, 0.25) is 0 Å². The summed E-state index contributed by atoms with van der Waals surface area (Å²) in [6, 6.07) is 3.01. The Kier molecular flexibility index (Phi) is 6.05. The third kappa shape index (κ3) is 3.12. The molecule has 0 aliphatic rings. The van der Waals surface area contributed by atoms with E-state index in [2.05, 4.69) is 15.9 Å². The van der Waals surface area contributed by atoms with Crippen molar-refractivity contribution < 1.29 is 4.79 Å². The molecule has 0 aliphatic heterocycles. The van der Waals surface area contributed by atoms with E-state index in [9.17, 15) is 4.79 Å². The number of Topliss-reactive ketones (excluding diaryl/α,β-unsaturated/α-hetero) is 1. The molecule has 0 saturated heterocycles. The Morgan fingerprint density at radius 3 is 2.14 bits per heavy atom. The van der Waals surface area contributed by atoms with Crippen LogP contribution in [0.1, 0.15) is 10.4 Å². The van der Waals surface area contributed by atoms with Crippen LogP contribution in [0.25, 0.3) is 0 Å². The van der Waals surface area contributed by atoms with Gasteiger partial charge in [0.15, 0.2) is 5.78 Å². The fourth-order valence-electron chi connectivity index (χ4n) is 0.822. The van der Waals surface area contributed by atoms with Crippen LogP contribution in [-0.4, -0.2) is 11.1 Å². The molecule has 2 nitrogen and oxygen atoms in total. The van der Waals surface area contributed by atoms with Gasteiger partial charge in [-0.15, -0.1) is 17.0 Å². The summed E-state index contributed by atoms with van der Waals surface area (Å²) in [5.74, 6) is -0.0798. The molecule has 0 unspecified atom stereocenters. The molecule has 1 aromatic rings. The molecule has 0 radical (unpaired) electrons. The number of ketones is 1. The van der Waals surface area contributed by atoms with E-state index in [1.807, 2.05) is 0 Å². The van der Waals surface area contributed by atoms with Crippen molar-refractivity contribution in [1.82, 2.24) is 0 Å². The Morgan fingerprint density at radius 1 is 1.36 bits per heavy atom. The maximum atomic E-state index is 11.2. The van der Waals surface area contributed by atoms with Gasteiger partial charge in [-0.25, -0.2) is 0 Å². The number of nitrogens with two attached hydrogens (primary N) is 1. The topological polar surface area (TPSA) is 43.1 Å². The van der Waals surface area contributed by atoms with Gasteiger partial charge in [-0.1, -0.05) is 39.1 Å². The van der Waals surface area contributed by atoms with E-state index in [0.717, 1.165) is 0 Å². The minimum Gasteiger partial charge on any atom is -0.396 e. The fraction of sp³-hybridized carbons (Fsp3) is 0.125. The largest absolute Gasteiger partial charge is 0.396 e. The third-order valence-electron chi connectivity index (χ3n) is 1.52. The summed E-state index contributed by atoms with van der Waals surface area (Å²) in [5.41, 5.74) is 6.27. The molecule has 0 aliphatic carbocycles. The molecule has 0 fully saturated rings. The predicted molar refractivity (Wildman–Crippen MR) is 69.3 cm³/mol. The molecule has 2 N–H and O–H groups in total. The average Bonchev–Trinajstić information content (AvgIpc) is 2.12. The minimum absolute atomic E-state index is 0. The summed E-state index contributed by atoms with van der Waals surface area (Å²) in [5, 5.41) is 0.845. The SMILES string of the molecule is Br.Nc1c(Cl)cc(C(=O)CBr)cc1Cl. The lowest BCUT2D eigenvalue weighted by molar-refractivity contribution is 0.102. The Labute approximate surface area is 111 Å². The molecule has 0 heterocycles. The number of rotatable bonds is 2. The number of carbonyl (C=O) groups excluding carboxylic acids is 1. The average molecular weight is 364 g/mol. The lowest BCUT2D eigenvalue weighted by Crippen LogP contribution is -2.01. The number of carbonyl (C=O) groups is 1. The van der Waals surface area contributed by atoms with Gasteiger partial charge in [0.1, 0.15) is 0 Å². The number of halogens is 4. The summed E-state index contributed by atoms with van der Waals surface area (Å²) in [4.78, 5) is 11.2. The molecule has 0 spiro atoms. The number of benzene rings is 1. The van der Waals surface area contributed by atoms with Gasteiger partial charge in [-0.3, -0.25) is 4.79 Å². The van der Waals surface area contributed by atoms with Crippen molar-refractivity contribution in [3.8, 4) is 0 Å². The summed E-state index contributed by atoms with van der Waals surface area (Å²) >= 11 is 14.5. The number of alkyl halides is 1. The van der Waals surface area contributed by atoms with Crippen LogP contribution < -0.4 is 5.73 Å². The summed E-state index contributed by atoms with van der Waals surface area (Å²) < 4.78 is 0. The van der Waals surface area contributed by atoms with E-state index in [4.69, 9.17) is 28.9 Å². The van der Waals surface area contributed by atoms with E-state index in [-0.39, 0.29) is 28.1 Å². The summed E-state index contributed by atoms with van der Waals surface area (Å²) in [6.45, 7) is 0. The highest BCUT2D eigenvalue weighted by Gasteiger charge is 2.09. The molecule has 14 heavy (non-hydrogen) atoms. The first-order valence-corrected chi connectivity index (χ1v) is 5.27.